The van der Waals surface area contributed by atoms with E-state index in [1.165, 1.54) is 0 Å². The van der Waals surface area contributed by atoms with Gasteiger partial charge in [0.05, 0.1) is 10.5 Å². The number of nitrogens with two attached hydrogens (primary N) is 1. The van der Waals surface area contributed by atoms with Crippen LogP contribution >= 0.6 is 0 Å². The van der Waals surface area contributed by atoms with Crippen molar-refractivity contribution in [3.05, 3.63) is 59.7 Å². The molecule has 0 aliphatic carbocycles. The Balaban J connectivity index is 2.00. The van der Waals surface area contributed by atoms with E-state index in [-0.39, 0.29) is 11.4 Å². The predicted octanol–water partition coefficient (Wildman–Crippen LogP) is 3.15. The topological polar surface area (TPSA) is 92.5 Å². The van der Waals surface area contributed by atoms with Crippen molar-refractivity contribution in [3.8, 4) is 0 Å². The van der Waals surface area contributed by atoms with Crippen LogP contribution in [0, 0.1) is 0 Å². The number of nitrogens with zero attached hydrogens (tertiary/aromatic N) is 1. The maximum atomic E-state index is 13.4. The predicted molar refractivity (Wildman–Crippen MR) is 106 cm³/mol. The van der Waals surface area contributed by atoms with Crippen LogP contribution in [0.25, 0.3) is 0 Å². The maximum Gasteiger partial charge on any atom is 0.416 e. The lowest BCUT2D eigenvalue weighted by Gasteiger charge is -2.29. The van der Waals surface area contributed by atoms with Gasteiger partial charge in [-0.25, -0.2) is 8.42 Å². The van der Waals surface area contributed by atoms with Gasteiger partial charge in [0.1, 0.15) is 6.04 Å². The molecule has 2 aromatic rings. The molecule has 6 nitrogen and oxygen atoms in total. The zero-order valence-electron chi connectivity index (χ0n) is 16.0. The van der Waals surface area contributed by atoms with Gasteiger partial charge in [-0.1, -0.05) is 12.1 Å². The molecule has 0 bridgehead atoms. The lowest BCUT2D eigenvalue weighted by atomic mass is 10.1. The van der Waals surface area contributed by atoms with Gasteiger partial charge in [0.2, 0.25) is 15.9 Å². The number of sulfonamides is 1. The third-order valence-corrected chi connectivity index (χ3v) is 6.83. The number of carbonyl (C=O) groups is 1. The van der Waals surface area contributed by atoms with Crippen LogP contribution in [0.5, 0.6) is 0 Å². The van der Waals surface area contributed by atoms with E-state index in [4.69, 9.17) is 5.73 Å². The number of nitrogens with one attached hydrogen (secondary N) is 1. The highest BCUT2D eigenvalue weighted by Crippen LogP contribution is 2.31. The van der Waals surface area contributed by atoms with Crippen LogP contribution < -0.4 is 11.1 Å². The fourth-order valence-corrected chi connectivity index (χ4v) is 4.92. The summed E-state index contributed by atoms with van der Waals surface area (Å²) in [7, 11) is -4.25. The molecule has 1 aliphatic heterocycles. The molecule has 0 aromatic heterocycles. The number of alkyl halides is 3. The monoisotopic (exact) mass is 441 g/mol. The van der Waals surface area contributed by atoms with Gasteiger partial charge in [-0.15, -0.1) is 0 Å². The molecule has 1 saturated heterocycles. The summed E-state index contributed by atoms with van der Waals surface area (Å²) < 4.78 is 66.4. The summed E-state index contributed by atoms with van der Waals surface area (Å²) in [5, 5.41) is 2.71. The summed E-state index contributed by atoms with van der Waals surface area (Å²) in [6.07, 6.45) is -2.89. The van der Waals surface area contributed by atoms with Gasteiger partial charge >= 0.3 is 6.18 Å². The molecule has 0 saturated carbocycles. The minimum Gasteiger partial charge on any atom is -0.399 e. The van der Waals surface area contributed by atoms with Gasteiger partial charge in [0.15, 0.2) is 0 Å². The second-order valence-electron chi connectivity index (χ2n) is 7.12. The van der Waals surface area contributed by atoms with E-state index < -0.39 is 33.7 Å². The number of anilines is 1. The van der Waals surface area contributed by atoms with E-state index in [0.29, 0.717) is 30.6 Å². The smallest absolute Gasteiger partial charge is 0.399 e. The molecule has 1 atom stereocenters. The average Bonchev–Trinajstić information content (AvgIpc) is 2.91. The second-order valence-corrected chi connectivity index (χ2v) is 9.01. The van der Waals surface area contributed by atoms with Gasteiger partial charge in [-0.3, -0.25) is 4.79 Å². The number of halogens is 3. The zero-order chi connectivity index (χ0) is 21.9. The van der Waals surface area contributed by atoms with Crippen molar-refractivity contribution < 1.29 is 26.4 Å². The molecule has 30 heavy (non-hydrogen) atoms. The van der Waals surface area contributed by atoms with Crippen molar-refractivity contribution in [3.63, 3.8) is 0 Å². The average molecular weight is 441 g/mol. The van der Waals surface area contributed by atoms with Crippen molar-refractivity contribution in [2.24, 2.45) is 0 Å². The zero-order valence-corrected chi connectivity index (χ0v) is 16.8. The molecule has 1 amide bonds. The Bertz CT molecular complexity index is 991. The van der Waals surface area contributed by atoms with Crippen LogP contribution in [0.4, 0.5) is 18.9 Å². The van der Waals surface area contributed by atoms with E-state index in [2.05, 4.69) is 5.32 Å². The quantitative estimate of drug-likeness (QED) is 0.698. The van der Waals surface area contributed by atoms with E-state index in [0.717, 1.165) is 35.0 Å². The molecule has 3 N–H and O–H groups in total. The Morgan fingerprint density at radius 1 is 1.03 bits per heavy atom. The fraction of sp³-hybridized carbons (Fsp3) is 0.350. The molecular weight excluding hydrogens is 419 g/mol. The molecule has 1 heterocycles. The van der Waals surface area contributed by atoms with Gasteiger partial charge in [-0.05, 0) is 61.2 Å². The first-order chi connectivity index (χ1) is 14.1. The molecule has 10 heteroatoms. The molecular formula is C20H22F3N3O3S. The second kappa shape index (κ2) is 8.65. The summed E-state index contributed by atoms with van der Waals surface area (Å²) in [6, 6.07) is 8.86. The van der Waals surface area contributed by atoms with E-state index in [1.807, 2.05) is 0 Å². The Morgan fingerprint density at radius 2 is 1.67 bits per heavy atom. The summed E-state index contributed by atoms with van der Waals surface area (Å²) >= 11 is 0. The highest BCUT2D eigenvalue weighted by Gasteiger charge is 2.37. The van der Waals surface area contributed by atoms with Gasteiger partial charge in [0, 0.05) is 18.8 Å². The first-order valence-corrected chi connectivity index (χ1v) is 10.8. The number of hydrogen-bond acceptors (Lipinski definition) is 4. The van der Waals surface area contributed by atoms with Crippen LogP contribution in [0.3, 0.4) is 0 Å². The van der Waals surface area contributed by atoms with Crippen LogP contribution in [-0.2, 0) is 27.5 Å². The lowest BCUT2D eigenvalue weighted by molar-refractivity contribution is -0.137. The van der Waals surface area contributed by atoms with E-state index in [1.54, 1.807) is 24.3 Å². The van der Waals surface area contributed by atoms with Crippen molar-refractivity contribution in [2.75, 3.05) is 12.3 Å². The van der Waals surface area contributed by atoms with Crippen LogP contribution in [0.15, 0.2) is 53.4 Å². The van der Waals surface area contributed by atoms with Crippen molar-refractivity contribution in [1.29, 1.82) is 0 Å². The highest BCUT2D eigenvalue weighted by atomic mass is 32.2. The summed E-state index contributed by atoms with van der Waals surface area (Å²) in [6.45, 7) is 0.340. The summed E-state index contributed by atoms with van der Waals surface area (Å²) in [5.74, 6) is -0.418. The number of carbonyl (C=O) groups excluding carboxylic acids is 1. The van der Waals surface area contributed by atoms with Crippen molar-refractivity contribution >= 4 is 21.6 Å². The first-order valence-electron chi connectivity index (χ1n) is 9.40. The van der Waals surface area contributed by atoms with Gasteiger partial charge in [0.25, 0.3) is 0 Å². The molecule has 1 unspecified atom stereocenters. The molecule has 0 radical (unpaired) electrons. The fourth-order valence-electron chi connectivity index (χ4n) is 3.31. The molecule has 0 spiro atoms. The Labute approximate surface area is 172 Å². The molecule has 2 aromatic carbocycles. The third-order valence-electron chi connectivity index (χ3n) is 4.96. The van der Waals surface area contributed by atoms with Crippen LogP contribution in [0.1, 0.15) is 30.4 Å². The number of nitrogen functional groups attached to an aromatic ring is 1. The molecule has 3 rings (SSSR count). The normalized spacial score (nSPS) is 18.1. The van der Waals surface area contributed by atoms with Crippen LogP contribution in [-0.4, -0.2) is 31.2 Å². The standard InChI is InChI=1S/C20H22F3N3O3S/c21-20(22,23)15-6-10-17(11-7-15)30(28,29)26(13-14-4-8-16(24)9-5-14)18-3-1-2-12-25-19(18)27/h4-11,18H,1-3,12-13,24H2,(H,25,27). The SMILES string of the molecule is Nc1ccc(CN(C2CCCCNC2=O)S(=O)(=O)c2ccc(C(F)(F)F)cc2)cc1. The maximum absolute atomic E-state index is 13.4. The molecule has 1 fully saturated rings. The van der Waals surface area contributed by atoms with Gasteiger partial charge in [-0.2, -0.15) is 17.5 Å². The Morgan fingerprint density at radius 3 is 2.27 bits per heavy atom. The molecule has 162 valence electrons. The Hall–Kier alpha value is -2.59. The van der Waals surface area contributed by atoms with Crippen LogP contribution in [0.2, 0.25) is 0 Å². The van der Waals surface area contributed by atoms with E-state index >= 15 is 0 Å². The number of benzene rings is 2. The Kier molecular flexibility index (Phi) is 6.37. The van der Waals surface area contributed by atoms with Gasteiger partial charge < -0.3 is 11.1 Å². The van der Waals surface area contributed by atoms with Crippen molar-refractivity contribution in [1.82, 2.24) is 9.62 Å². The third kappa shape index (κ3) is 4.93. The minimum absolute atomic E-state index is 0.109. The minimum atomic E-state index is -4.58. The largest absolute Gasteiger partial charge is 0.416 e. The van der Waals surface area contributed by atoms with Crippen molar-refractivity contribution in [2.45, 2.75) is 42.9 Å². The van der Waals surface area contributed by atoms with E-state index in [9.17, 15) is 26.4 Å². The highest BCUT2D eigenvalue weighted by molar-refractivity contribution is 7.89. The number of rotatable bonds is 5. The first kappa shape index (κ1) is 22.1. The molecule has 1 aliphatic rings. The summed E-state index contributed by atoms with van der Waals surface area (Å²) in [4.78, 5) is 12.3. The number of amides is 1. The lowest BCUT2D eigenvalue weighted by Crippen LogP contribution is -2.48. The number of hydrogen-bond donors (Lipinski definition) is 2. The summed E-state index contributed by atoms with van der Waals surface area (Å²) in [5.41, 5.74) is 5.85.